The molecule has 1 heterocycles. The summed E-state index contributed by atoms with van der Waals surface area (Å²) in [6.07, 6.45) is 6.52. The second kappa shape index (κ2) is 7.53. The van der Waals surface area contributed by atoms with Crippen LogP contribution in [0.15, 0.2) is 67.3 Å². The first-order valence-electron chi connectivity index (χ1n) is 8.02. The lowest BCUT2D eigenvalue weighted by Crippen LogP contribution is -2.12. The second-order valence-electron chi connectivity index (χ2n) is 6.16. The Morgan fingerprint density at radius 3 is 2.54 bits per heavy atom. The zero-order chi connectivity index (χ0) is 18.6. The highest BCUT2D eigenvalue weighted by Crippen LogP contribution is 2.14. The molecule has 0 spiro atoms. The van der Waals surface area contributed by atoms with Crippen LogP contribution in [0, 0.1) is 0 Å². The van der Waals surface area contributed by atoms with Crippen molar-refractivity contribution in [3.8, 4) is 0 Å². The van der Waals surface area contributed by atoms with Crippen molar-refractivity contribution in [3.05, 3.63) is 83.9 Å². The van der Waals surface area contributed by atoms with E-state index in [2.05, 4.69) is 10.3 Å². The molecule has 0 unspecified atom stereocenters. The number of benzene rings is 2. The van der Waals surface area contributed by atoms with Crippen LogP contribution in [0.2, 0.25) is 0 Å². The molecule has 134 valence electrons. The van der Waals surface area contributed by atoms with Crippen LogP contribution < -0.4 is 5.32 Å². The van der Waals surface area contributed by atoms with Crippen molar-refractivity contribution in [3.63, 3.8) is 0 Å². The number of carbonyl (C=O) groups is 1. The molecule has 0 saturated heterocycles. The Hall–Kier alpha value is -2.93. The van der Waals surface area contributed by atoms with Crippen LogP contribution in [0.3, 0.4) is 0 Å². The van der Waals surface area contributed by atoms with Crippen molar-refractivity contribution < 1.29 is 13.2 Å². The zero-order valence-corrected chi connectivity index (χ0v) is 15.1. The molecule has 1 amide bonds. The average Bonchev–Trinajstić information content (AvgIpc) is 3.07. The van der Waals surface area contributed by atoms with Gasteiger partial charge in [-0.2, -0.15) is 0 Å². The lowest BCUT2D eigenvalue weighted by Gasteiger charge is -2.09. The molecule has 0 saturated carbocycles. The minimum atomic E-state index is -3.09. The molecule has 0 aliphatic heterocycles. The highest BCUT2D eigenvalue weighted by molar-refractivity contribution is 7.89. The number of hydrogen-bond acceptors (Lipinski definition) is 4. The van der Waals surface area contributed by atoms with E-state index >= 15 is 0 Å². The fourth-order valence-electron chi connectivity index (χ4n) is 2.60. The molecule has 0 radical (unpaired) electrons. The van der Waals surface area contributed by atoms with Gasteiger partial charge in [0.25, 0.3) is 5.91 Å². The molecule has 0 fully saturated rings. The van der Waals surface area contributed by atoms with Gasteiger partial charge in [0.1, 0.15) is 0 Å². The molecule has 3 rings (SSSR count). The summed E-state index contributed by atoms with van der Waals surface area (Å²) in [4.78, 5) is 16.4. The second-order valence-corrected chi connectivity index (χ2v) is 8.30. The highest BCUT2D eigenvalue weighted by atomic mass is 32.2. The van der Waals surface area contributed by atoms with E-state index in [1.807, 2.05) is 35.0 Å². The Balaban J connectivity index is 1.68. The van der Waals surface area contributed by atoms with Crippen LogP contribution in [0.4, 0.5) is 5.69 Å². The summed E-state index contributed by atoms with van der Waals surface area (Å²) in [6.45, 7) is 0.671. The van der Waals surface area contributed by atoms with Crippen LogP contribution in [0.1, 0.15) is 21.5 Å². The third kappa shape index (κ3) is 5.03. The molecule has 2 aromatic carbocycles. The maximum Gasteiger partial charge on any atom is 0.255 e. The predicted molar refractivity (Wildman–Crippen MR) is 101 cm³/mol. The van der Waals surface area contributed by atoms with Crippen LogP contribution in [-0.2, 0) is 22.1 Å². The number of amides is 1. The number of carbonyl (C=O) groups excluding carboxylic acids is 1. The van der Waals surface area contributed by atoms with Gasteiger partial charge in [-0.3, -0.25) is 4.79 Å². The number of hydrogen-bond donors (Lipinski definition) is 1. The maximum atomic E-state index is 12.4. The largest absolute Gasteiger partial charge is 0.333 e. The lowest BCUT2D eigenvalue weighted by molar-refractivity contribution is 0.102. The van der Waals surface area contributed by atoms with Gasteiger partial charge in [-0.25, -0.2) is 13.4 Å². The summed E-state index contributed by atoms with van der Waals surface area (Å²) in [5.74, 6) is -0.277. The Morgan fingerprint density at radius 2 is 1.88 bits per heavy atom. The molecular weight excluding hydrogens is 350 g/mol. The topological polar surface area (TPSA) is 81.1 Å². The molecular formula is C19H19N3O3S. The number of nitrogens with one attached hydrogen (secondary N) is 1. The monoisotopic (exact) mass is 369 g/mol. The van der Waals surface area contributed by atoms with Crippen molar-refractivity contribution >= 4 is 21.4 Å². The number of nitrogens with zero attached hydrogens (tertiary/aromatic N) is 2. The first kappa shape index (κ1) is 17.9. The van der Waals surface area contributed by atoms with Gasteiger partial charge in [0.2, 0.25) is 0 Å². The number of imidazole rings is 1. The molecule has 3 aromatic rings. The summed E-state index contributed by atoms with van der Waals surface area (Å²) < 4.78 is 24.6. The van der Waals surface area contributed by atoms with Crippen LogP contribution in [0.25, 0.3) is 0 Å². The van der Waals surface area contributed by atoms with E-state index in [-0.39, 0.29) is 11.7 Å². The van der Waals surface area contributed by atoms with Crippen molar-refractivity contribution in [2.45, 2.75) is 12.3 Å². The average molecular weight is 369 g/mol. The summed E-state index contributed by atoms with van der Waals surface area (Å²) in [6, 6.07) is 14.2. The van der Waals surface area contributed by atoms with Crippen LogP contribution >= 0.6 is 0 Å². The molecule has 0 aliphatic rings. The molecule has 6 nitrogen and oxygen atoms in total. The van der Waals surface area contributed by atoms with Crippen molar-refractivity contribution in [1.82, 2.24) is 9.55 Å². The quantitative estimate of drug-likeness (QED) is 0.724. The van der Waals surface area contributed by atoms with Crippen molar-refractivity contribution in [2.75, 3.05) is 11.6 Å². The van der Waals surface area contributed by atoms with Gasteiger partial charge in [-0.1, -0.05) is 24.3 Å². The SMILES string of the molecule is CS(=O)(=O)Cc1ccc(C(=O)Nc2cccc(Cn3ccnc3)c2)cc1. The molecule has 0 aliphatic carbocycles. The summed E-state index contributed by atoms with van der Waals surface area (Å²) in [7, 11) is -3.09. The van der Waals surface area contributed by atoms with Gasteiger partial charge in [0, 0.05) is 36.4 Å². The van der Waals surface area contributed by atoms with Gasteiger partial charge in [-0.15, -0.1) is 0 Å². The zero-order valence-electron chi connectivity index (χ0n) is 14.3. The first-order chi connectivity index (χ1) is 12.4. The van der Waals surface area contributed by atoms with Gasteiger partial charge in [0.05, 0.1) is 12.1 Å². The number of rotatable bonds is 6. The van der Waals surface area contributed by atoms with Gasteiger partial charge in [-0.05, 0) is 35.4 Å². The van der Waals surface area contributed by atoms with Crippen molar-refractivity contribution in [2.24, 2.45) is 0 Å². The van der Waals surface area contributed by atoms with E-state index in [9.17, 15) is 13.2 Å². The third-order valence-corrected chi connectivity index (χ3v) is 4.61. The fourth-order valence-corrected chi connectivity index (χ4v) is 3.39. The smallest absolute Gasteiger partial charge is 0.255 e. The Kier molecular flexibility index (Phi) is 5.18. The minimum Gasteiger partial charge on any atom is -0.333 e. The number of aromatic nitrogens is 2. The molecule has 7 heteroatoms. The van der Waals surface area contributed by atoms with Gasteiger partial charge in [0.15, 0.2) is 9.84 Å². The van der Waals surface area contributed by atoms with E-state index in [0.717, 1.165) is 5.56 Å². The third-order valence-electron chi connectivity index (χ3n) is 3.75. The normalized spacial score (nSPS) is 11.3. The highest BCUT2D eigenvalue weighted by Gasteiger charge is 2.09. The standard InChI is InChI=1S/C19H19N3O3S/c1-26(24,25)13-15-5-7-17(8-6-15)19(23)21-18-4-2-3-16(11-18)12-22-10-9-20-14-22/h2-11,14H,12-13H2,1H3,(H,21,23). The van der Waals surface area contributed by atoms with Crippen LogP contribution in [-0.4, -0.2) is 30.1 Å². The summed E-state index contributed by atoms with van der Waals surface area (Å²) in [5.41, 5.74) is 2.88. The summed E-state index contributed by atoms with van der Waals surface area (Å²) in [5, 5.41) is 2.86. The van der Waals surface area contributed by atoms with Crippen LogP contribution in [0.5, 0.6) is 0 Å². The Morgan fingerprint density at radius 1 is 1.12 bits per heavy atom. The fraction of sp³-hybridized carbons (Fsp3) is 0.158. The van der Waals surface area contributed by atoms with E-state index in [4.69, 9.17) is 0 Å². The first-order valence-corrected chi connectivity index (χ1v) is 10.1. The predicted octanol–water partition coefficient (Wildman–Crippen LogP) is 2.73. The van der Waals surface area contributed by atoms with Gasteiger partial charge < -0.3 is 9.88 Å². The van der Waals surface area contributed by atoms with E-state index in [1.54, 1.807) is 36.8 Å². The Labute approximate surface area is 152 Å². The lowest BCUT2D eigenvalue weighted by atomic mass is 10.1. The molecule has 0 bridgehead atoms. The van der Waals surface area contributed by atoms with Gasteiger partial charge >= 0.3 is 0 Å². The Bertz CT molecular complexity index is 995. The minimum absolute atomic E-state index is 0.0365. The maximum absolute atomic E-state index is 12.4. The molecule has 1 N–H and O–H groups in total. The molecule has 0 atom stereocenters. The van der Waals surface area contributed by atoms with E-state index < -0.39 is 9.84 Å². The van der Waals surface area contributed by atoms with E-state index in [0.29, 0.717) is 23.4 Å². The molecule has 1 aromatic heterocycles. The molecule has 26 heavy (non-hydrogen) atoms. The summed E-state index contributed by atoms with van der Waals surface area (Å²) >= 11 is 0. The number of anilines is 1. The van der Waals surface area contributed by atoms with Crippen molar-refractivity contribution in [1.29, 1.82) is 0 Å². The number of sulfone groups is 1. The van der Waals surface area contributed by atoms with E-state index in [1.165, 1.54) is 6.26 Å².